The van der Waals surface area contributed by atoms with Crippen molar-refractivity contribution < 1.29 is 17.6 Å². The largest absolute Gasteiger partial charge is 0.420 e. The Hall–Kier alpha value is -1.78. The molecule has 0 spiro atoms. The van der Waals surface area contributed by atoms with Gasteiger partial charge in [-0.1, -0.05) is 0 Å². The number of hydrogen-bond acceptors (Lipinski definition) is 2. The molecule has 1 aromatic heterocycles. The van der Waals surface area contributed by atoms with Crippen LogP contribution in [0.15, 0.2) is 27.4 Å². The zero-order valence-corrected chi connectivity index (χ0v) is 6.68. The van der Waals surface area contributed by atoms with E-state index in [9.17, 15) is 18.0 Å². The molecule has 0 N–H and O–H groups in total. The highest BCUT2D eigenvalue weighted by Crippen LogP contribution is 2.18. The summed E-state index contributed by atoms with van der Waals surface area (Å²) < 4.78 is 42.7. The van der Waals surface area contributed by atoms with Gasteiger partial charge < -0.3 is 4.42 Å². The molecule has 0 bridgehead atoms. The fourth-order valence-electron chi connectivity index (χ4n) is 1.11. The van der Waals surface area contributed by atoms with E-state index >= 15 is 0 Å². The minimum absolute atomic E-state index is 0.261. The lowest BCUT2D eigenvalue weighted by Crippen LogP contribution is -2.07. The summed E-state index contributed by atoms with van der Waals surface area (Å²) in [5.74, 6) is -3.60. The Morgan fingerprint density at radius 1 is 1.07 bits per heavy atom. The predicted octanol–water partition coefficient (Wildman–Crippen LogP) is 2.21. The van der Waals surface area contributed by atoms with Crippen LogP contribution in [0.1, 0.15) is 0 Å². The quantitative estimate of drug-likeness (QED) is 0.610. The highest BCUT2D eigenvalue weighted by atomic mass is 19.2. The SMILES string of the molecule is O=c1oc2cc(F)ccc2c(F)c1F. The number of fused-ring (bicyclic) bond motifs is 1. The summed E-state index contributed by atoms with van der Waals surface area (Å²) in [5.41, 5.74) is -1.76. The van der Waals surface area contributed by atoms with Gasteiger partial charge in [0.1, 0.15) is 11.4 Å². The van der Waals surface area contributed by atoms with Crippen LogP contribution >= 0.6 is 0 Å². The molecule has 0 aliphatic rings. The van der Waals surface area contributed by atoms with Gasteiger partial charge in [0.15, 0.2) is 5.82 Å². The molecule has 0 saturated carbocycles. The molecule has 0 saturated heterocycles. The molecule has 1 heterocycles. The maximum Gasteiger partial charge on any atom is 0.375 e. The minimum atomic E-state index is -1.59. The Balaban J connectivity index is 2.98. The lowest BCUT2D eigenvalue weighted by atomic mass is 10.2. The smallest absolute Gasteiger partial charge is 0.375 e. The first-order valence-electron chi connectivity index (χ1n) is 3.67. The van der Waals surface area contributed by atoms with Crippen LogP contribution in [0.4, 0.5) is 13.2 Å². The topological polar surface area (TPSA) is 30.2 Å². The fourth-order valence-corrected chi connectivity index (χ4v) is 1.11. The summed E-state index contributed by atoms with van der Waals surface area (Å²) >= 11 is 0. The van der Waals surface area contributed by atoms with Gasteiger partial charge in [0, 0.05) is 6.07 Å². The zero-order valence-electron chi connectivity index (χ0n) is 6.68. The molecule has 5 heteroatoms. The van der Waals surface area contributed by atoms with Crippen molar-refractivity contribution in [1.82, 2.24) is 0 Å². The maximum absolute atomic E-state index is 13.0. The van der Waals surface area contributed by atoms with Crippen LogP contribution in [0.2, 0.25) is 0 Å². The van der Waals surface area contributed by atoms with Gasteiger partial charge in [0.25, 0.3) is 0 Å². The Bertz CT molecular complexity index is 560. The molecule has 72 valence electrons. The Kier molecular flexibility index (Phi) is 1.80. The van der Waals surface area contributed by atoms with Crippen LogP contribution in [-0.2, 0) is 0 Å². The van der Waals surface area contributed by atoms with Crippen molar-refractivity contribution in [2.75, 3.05) is 0 Å². The monoisotopic (exact) mass is 200 g/mol. The van der Waals surface area contributed by atoms with Crippen molar-refractivity contribution in [2.45, 2.75) is 0 Å². The van der Waals surface area contributed by atoms with Crippen LogP contribution in [0, 0.1) is 17.5 Å². The van der Waals surface area contributed by atoms with E-state index in [1.807, 2.05) is 0 Å². The summed E-state index contributed by atoms with van der Waals surface area (Å²) in [5, 5.41) is -0.261. The molecule has 2 nitrogen and oxygen atoms in total. The van der Waals surface area contributed by atoms with E-state index in [4.69, 9.17) is 0 Å². The number of hydrogen-bond donors (Lipinski definition) is 0. The molecule has 0 aliphatic carbocycles. The van der Waals surface area contributed by atoms with Gasteiger partial charge in [-0.2, -0.15) is 4.39 Å². The summed E-state index contributed by atoms with van der Waals surface area (Å²) in [6.07, 6.45) is 0. The predicted molar refractivity (Wildman–Crippen MR) is 42.4 cm³/mol. The van der Waals surface area contributed by atoms with E-state index in [0.717, 1.165) is 18.2 Å². The average molecular weight is 200 g/mol. The van der Waals surface area contributed by atoms with Crippen LogP contribution in [0.3, 0.4) is 0 Å². The van der Waals surface area contributed by atoms with E-state index in [1.165, 1.54) is 0 Å². The van der Waals surface area contributed by atoms with Gasteiger partial charge in [-0.15, -0.1) is 0 Å². The first-order valence-corrected chi connectivity index (χ1v) is 3.67. The number of benzene rings is 1. The number of halogens is 3. The molecule has 0 atom stereocenters. The Labute approximate surface area is 75.6 Å². The summed E-state index contributed by atoms with van der Waals surface area (Å²) in [4.78, 5) is 10.7. The fraction of sp³-hybridized carbons (Fsp3) is 0. The van der Waals surface area contributed by atoms with Crippen LogP contribution in [0.25, 0.3) is 11.0 Å². The van der Waals surface area contributed by atoms with E-state index in [2.05, 4.69) is 4.42 Å². The van der Waals surface area contributed by atoms with Crippen LogP contribution in [-0.4, -0.2) is 0 Å². The van der Waals surface area contributed by atoms with Gasteiger partial charge in [-0.05, 0) is 12.1 Å². The summed E-state index contributed by atoms with van der Waals surface area (Å²) in [6.45, 7) is 0. The molecule has 0 aliphatic heterocycles. The molecular formula is C9H3F3O2. The lowest BCUT2D eigenvalue weighted by Gasteiger charge is -1.98. The van der Waals surface area contributed by atoms with Crippen molar-refractivity contribution >= 4 is 11.0 Å². The van der Waals surface area contributed by atoms with Crippen molar-refractivity contribution in [1.29, 1.82) is 0 Å². The minimum Gasteiger partial charge on any atom is -0.420 e. The normalized spacial score (nSPS) is 10.8. The second-order valence-electron chi connectivity index (χ2n) is 2.66. The second-order valence-corrected chi connectivity index (χ2v) is 2.66. The van der Waals surface area contributed by atoms with Crippen LogP contribution in [0.5, 0.6) is 0 Å². The lowest BCUT2D eigenvalue weighted by molar-refractivity contribution is 0.437. The molecule has 0 amide bonds. The molecule has 2 rings (SSSR count). The highest BCUT2D eigenvalue weighted by Gasteiger charge is 2.14. The van der Waals surface area contributed by atoms with Crippen LogP contribution < -0.4 is 5.63 Å². The second kappa shape index (κ2) is 2.87. The first-order chi connectivity index (χ1) is 6.59. The average Bonchev–Trinajstić information content (AvgIpc) is 2.14. The molecule has 0 unspecified atom stereocenters. The van der Waals surface area contributed by atoms with Crippen molar-refractivity contribution in [3.05, 3.63) is 46.1 Å². The molecule has 1 aromatic carbocycles. The highest BCUT2D eigenvalue weighted by molar-refractivity contribution is 5.76. The molecule has 0 fully saturated rings. The van der Waals surface area contributed by atoms with Crippen molar-refractivity contribution in [3.63, 3.8) is 0 Å². The van der Waals surface area contributed by atoms with Crippen molar-refractivity contribution in [3.8, 4) is 0 Å². The first kappa shape index (κ1) is 8.80. The Morgan fingerprint density at radius 3 is 2.50 bits per heavy atom. The van der Waals surface area contributed by atoms with E-state index in [0.29, 0.717) is 0 Å². The third-order valence-corrected chi connectivity index (χ3v) is 1.75. The molecule has 14 heavy (non-hydrogen) atoms. The third kappa shape index (κ3) is 1.17. The maximum atomic E-state index is 13.0. The van der Waals surface area contributed by atoms with Gasteiger partial charge in [0.05, 0.1) is 5.39 Å². The third-order valence-electron chi connectivity index (χ3n) is 1.75. The van der Waals surface area contributed by atoms with Gasteiger partial charge in [-0.3, -0.25) is 0 Å². The van der Waals surface area contributed by atoms with Gasteiger partial charge >= 0.3 is 5.63 Å². The summed E-state index contributed by atoms with van der Waals surface area (Å²) in [7, 11) is 0. The molecule has 0 radical (unpaired) electrons. The van der Waals surface area contributed by atoms with E-state index in [-0.39, 0.29) is 11.0 Å². The van der Waals surface area contributed by atoms with E-state index < -0.39 is 23.1 Å². The Morgan fingerprint density at radius 2 is 1.79 bits per heavy atom. The van der Waals surface area contributed by atoms with Crippen molar-refractivity contribution in [2.24, 2.45) is 0 Å². The molecule has 2 aromatic rings. The summed E-state index contributed by atoms with van der Waals surface area (Å²) in [6, 6.07) is 2.77. The standard InChI is InChI=1S/C9H3F3O2/c10-4-1-2-5-6(3-4)14-9(13)8(12)7(5)11/h1-3H. The zero-order chi connectivity index (χ0) is 10.3. The van der Waals surface area contributed by atoms with Gasteiger partial charge in [-0.25, -0.2) is 13.6 Å². The molecular weight excluding hydrogens is 197 g/mol. The van der Waals surface area contributed by atoms with E-state index in [1.54, 1.807) is 0 Å². The van der Waals surface area contributed by atoms with Gasteiger partial charge in [0.2, 0.25) is 5.82 Å². The number of rotatable bonds is 0.